The number of H-pyrrole nitrogens is 1. The first-order valence-corrected chi connectivity index (χ1v) is 13.9. The highest BCUT2D eigenvalue weighted by atomic mass is 28.4. The fourth-order valence-electron chi connectivity index (χ4n) is 5.38. The largest absolute Gasteiger partial charge is 0.541 e. The fourth-order valence-corrected chi connectivity index (χ4v) is 10.6. The molecule has 0 unspecified atom stereocenters. The maximum atomic E-state index is 13.4. The Bertz CT molecular complexity index is 1370. The third-order valence-corrected chi connectivity index (χ3v) is 12.9. The van der Waals surface area contributed by atoms with Gasteiger partial charge in [0.25, 0.3) is 13.9 Å². The zero-order valence-electron chi connectivity index (χ0n) is 20.5. The lowest BCUT2D eigenvalue weighted by Gasteiger charge is -2.42. The molecular weight excluding hydrogens is 449 g/mol. The molecule has 0 amide bonds. The van der Waals surface area contributed by atoms with Crippen molar-refractivity contribution in [3.8, 4) is 11.6 Å². The molecule has 3 heterocycles. The van der Waals surface area contributed by atoms with E-state index in [0.29, 0.717) is 44.4 Å². The van der Waals surface area contributed by atoms with Crippen molar-refractivity contribution in [2.45, 2.75) is 64.7 Å². The van der Waals surface area contributed by atoms with Crippen LogP contribution in [-0.2, 0) is 6.54 Å². The normalized spacial score (nSPS) is 12.5. The van der Waals surface area contributed by atoms with Gasteiger partial charge in [0.05, 0.1) is 12.1 Å². The van der Waals surface area contributed by atoms with Gasteiger partial charge in [0.15, 0.2) is 0 Å². The van der Waals surface area contributed by atoms with Gasteiger partial charge in [0.1, 0.15) is 28.0 Å². The second kappa shape index (κ2) is 8.90. The molecule has 0 fully saturated rings. The lowest BCUT2D eigenvalue weighted by Crippen LogP contribution is -2.50. The predicted octanol–water partition coefficient (Wildman–Crippen LogP) is 6.33. The van der Waals surface area contributed by atoms with E-state index in [4.69, 9.17) is 4.43 Å². The van der Waals surface area contributed by atoms with E-state index in [-0.39, 0.29) is 23.8 Å². The van der Waals surface area contributed by atoms with E-state index >= 15 is 0 Å². The van der Waals surface area contributed by atoms with Crippen LogP contribution in [0.4, 0.5) is 4.39 Å². The number of fused-ring (bicyclic) bond motifs is 2. The Labute approximate surface area is 199 Å². The van der Waals surface area contributed by atoms with Crippen molar-refractivity contribution in [3.63, 3.8) is 0 Å². The van der Waals surface area contributed by atoms with Gasteiger partial charge in [-0.05, 0) is 46.5 Å². The minimum Gasteiger partial charge on any atom is -0.541 e. The molecule has 0 saturated heterocycles. The van der Waals surface area contributed by atoms with Crippen LogP contribution < -0.4 is 9.99 Å². The standard InChI is InChI=1S/C26H32FN3O3Si/c1-15(2)34(16(3)4,17(5)6)33-24-21-23(29-20-8-7-13-28-22(20)24)26(32)30(25(21)31)14-18-9-11-19(27)12-10-18/h7-13,15-17,28,31H,14H2,1-6H3. The van der Waals surface area contributed by atoms with E-state index < -0.39 is 13.9 Å². The molecule has 6 nitrogen and oxygen atoms in total. The molecule has 0 atom stereocenters. The van der Waals surface area contributed by atoms with Crippen molar-refractivity contribution in [2.24, 2.45) is 0 Å². The highest BCUT2D eigenvalue weighted by molar-refractivity contribution is 6.78. The molecule has 0 aliphatic rings. The predicted molar refractivity (Wildman–Crippen MR) is 137 cm³/mol. The van der Waals surface area contributed by atoms with Gasteiger partial charge >= 0.3 is 0 Å². The number of nitrogens with one attached hydrogen (secondary N) is 1. The Morgan fingerprint density at radius 2 is 1.68 bits per heavy atom. The number of aromatic hydroxyl groups is 1. The molecule has 0 bridgehead atoms. The molecular formula is C26H32FN3O3Si. The Hall–Kier alpha value is -3.13. The van der Waals surface area contributed by atoms with E-state index in [9.17, 15) is 14.3 Å². The Morgan fingerprint density at radius 3 is 2.26 bits per heavy atom. The van der Waals surface area contributed by atoms with Gasteiger partial charge in [-0.1, -0.05) is 53.7 Å². The number of aromatic nitrogens is 3. The summed E-state index contributed by atoms with van der Waals surface area (Å²) in [5.41, 5.74) is 2.60. The van der Waals surface area contributed by atoms with Crippen LogP contribution in [0.25, 0.3) is 21.9 Å². The molecule has 8 heteroatoms. The molecule has 2 N–H and O–H groups in total. The lowest BCUT2D eigenvalue weighted by atomic mass is 10.2. The monoisotopic (exact) mass is 481 g/mol. The lowest BCUT2D eigenvalue weighted by molar-refractivity contribution is 0.424. The topological polar surface area (TPSA) is 80.1 Å². The average Bonchev–Trinajstić information content (AvgIpc) is 3.02. The van der Waals surface area contributed by atoms with Gasteiger partial charge in [0, 0.05) is 6.20 Å². The van der Waals surface area contributed by atoms with Crippen molar-refractivity contribution in [1.29, 1.82) is 0 Å². The summed E-state index contributed by atoms with van der Waals surface area (Å²) in [7, 11) is -2.43. The quantitative estimate of drug-likeness (QED) is 0.303. The van der Waals surface area contributed by atoms with E-state index in [0.717, 1.165) is 0 Å². The van der Waals surface area contributed by atoms with Gasteiger partial charge in [-0.25, -0.2) is 9.37 Å². The van der Waals surface area contributed by atoms with Gasteiger partial charge < -0.3 is 14.5 Å². The summed E-state index contributed by atoms with van der Waals surface area (Å²) in [5.74, 6) is -0.0644. The highest BCUT2D eigenvalue weighted by Gasteiger charge is 2.48. The number of rotatable bonds is 7. The van der Waals surface area contributed by atoms with Crippen LogP contribution in [0, 0.1) is 5.82 Å². The smallest absolute Gasteiger partial charge is 0.280 e. The van der Waals surface area contributed by atoms with Gasteiger partial charge in [-0.15, -0.1) is 0 Å². The molecule has 3 aromatic heterocycles. The number of hydrogen-bond acceptors (Lipinski definition) is 4. The van der Waals surface area contributed by atoms with E-state index in [2.05, 4.69) is 51.5 Å². The van der Waals surface area contributed by atoms with Gasteiger partial charge in [-0.2, -0.15) is 0 Å². The molecule has 0 saturated carbocycles. The zero-order valence-corrected chi connectivity index (χ0v) is 21.5. The number of aromatic amines is 1. The number of halogens is 1. The van der Waals surface area contributed by atoms with Crippen LogP contribution in [0.3, 0.4) is 0 Å². The summed E-state index contributed by atoms with van der Waals surface area (Å²) >= 11 is 0. The maximum Gasteiger partial charge on any atom is 0.280 e. The second-order valence-corrected chi connectivity index (χ2v) is 15.2. The van der Waals surface area contributed by atoms with E-state index in [1.165, 1.54) is 16.7 Å². The second-order valence-electron chi connectivity index (χ2n) is 9.86. The Kier molecular flexibility index (Phi) is 6.29. The van der Waals surface area contributed by atoms with Crippen LogP contribution in [0.1, 0.15) is 47.1 Å². The minimum absolute atomic E-state index is 0.0991. The average molecular weight is 482 g/mol. The fraction of sp³-hybridized carbons (Fsp3) is 0.385. The van der Waals surface area contributed by atoms with Gasteiger partial charge in [-0.3, -0.25) is 9.36 Å². The van der Waals surface area contributed by atoms with Crippen molar-refractivity contribution < 1.29 is 13.9 Å². The van der Waals surface area contributed by atoms with Crippen LogP contribution in [0.5, 0.6) is 11.6 Å². The first kappa shape index (κ1) is 24.0. The van der Waals surface area contributed by atoms with Crippen molar-refractivity contribution in [3.05, 3.63) is 64.3 Å². The van der Waals surface area contributed by atoms with Crippen LogP contribution in [-0.4, -0.2) is 28.0 Å². The summed E-state index contributed by atoms with van der Waals surface area (Å²) in [6.45, 7) is 13.2. The summed E-state index contributed by atoms with van der Waals surface area (Å²) in [6.07, 6.45) is 1.79. The maximum absolute atomic E-state index is 13.4. The molecule has 4 aromatic rings. The summed E-state index contributed by atoms with van der Waals surface area (Å²) in [6, 6.07) is 9.52. The molecule has 34 heavy (non-hydrogen) atoms. The van der Waals surface area contributed by atoms with Crippen LogP contribution >= 0.6 is 0 Å². The molecule has 0 radical (unpaired) electrons. The number of benzene rings is 1. The Balaban J connectivity index is 2.01. The minimum atomic E-state index is -2.43. The third-order valence-electron chi connectivity index (χ3n) is 6.92. The number of hydrogen-bond donors (Lipinski definition) is 2. The molecule has 0 aliphatic carbocycles. The zero-order chi connectivity index (χ0) is 24.8. The van der Waals surface area contributed by atoms with E-state index in [1.54, 1.807) is 18.3 Å². The number of nitrogens with zero attached hydrogens (tertiary/aromatic N) is 2. The first-order valence-electron chi connectivity index (χ1n) is 11.7. The van der Waals surface area contributed by atoms with E-state index in [1.807, 2.05) is 12.1 Å². The molecule has 180 valence electrons. The SMILES string of the molecule is CC(C)[Si](Oc1c2[nH]cccc2nc2c(=O)n(Cc3ccc(F)cc3)c(O)c12)(C(C)C)C(C)C. The van der Waals surface area contributed by atoms with Crippen LogP contribution in [0.15, 0.2) is 47.4 Å². The Morgan fingerprint density at radius 1 is 1.06 bits per heavy atom. The van der Waals surface area contributed by atoms with Crippen LogP contribution in [0.2, 0.25) is 16.6 Å². The van der Waals surface area contributed by atoms with Crippen molar-refractivity contribution in [2.75, 3.05) is 0 Å². The highest BCUT2D eigenvalue weighted by Crippen LogP contribution is 2.46. The molecule has 0 aliphatic heterocycles. The number of pyridine rings is 2. The van der Waals surface area contributed by atoms with Crippen molar-refractivity contribution in [1.82, 2.24) is 14.5 Å². The molecule has 4 rings (SSSR count). The van der Waals surface area contributed by atoms with Gasteiger partial charge in [0.2, 0.25) is 5.88 Å². The first-order chi connectivity index (χ1) is 16.1. The third kappa shape index (κ3) is 3.79. The summed E-state index contributed by atoms with van der Waals surface area (Å²) in [4.78, 5) is 21.2. The summed E-state index contributed by atoms with van der Waals surface area (Å²) < 4.78 is 21.7. The molecule has 1 aromatic carbocycles. The molecule has 0 spiro atoms. The summed E-state index contributed by atoms with van der Waals surface area (Å²) in [5, 5.41) is 11.6. The van der Waals surface area contributed by atoms with Crippen molar-refractivity contribution >= 4 is 30.3 Å².